The summed E-state index contributed by atoms with van der Waals surface area (Å²) in [5.74, 6) is 1.42. The van der Waals surface area contributed by atoms with Gasteiger partial charge in [0.15, 0.2) is 0 Å². The van der Waals surface area contributed by atoms with E-state index in [-0.39, 0.29) is 0 Å². The molecule has 0 amide bonds. The van der Waals surface area contributed by atoms with Crippen molar-refractivity contribution in [3.8, 4) is 0 Å². The summed E-state index contributed by atoms with van der Waals surface area (Å²) < 4.78 is 0. The van der Waals surface area contributed by atoms with Gasteiger partial charge < -0.3 is 0 Å². The van der Waals surface area contributed by atoms with Crippen LogP contribution in [0.25, 0.3) is 0 Å². The van der Waals surface area contributed by atoms with Crippen LogP contribution in [-0.4, -0.2) is 18.9 Å². The number of fused-ring (bicyclic) bond motifs is 1. The average Bonchev–Trinajstić information content (AvgIpc) is 2.06. The van der Waals surface area contributed by atoms with Crippen LogP contribution >= 0.6 is 0 Å². The molecule has 0 aromatic heterocycles. The molecule has 11 heavy (non-hydrogen) atoms. The molecule has 60 valence electrons. The number of hydrogen-bond donors (Lipinski definition) is 1. The van der Waals surface area contributed by atoms with E-state index in [4.69, 9.17) is 0 Å². The van der Waals surface area contributed by atoms with Gasteiger partial charge in [0.25, 0.3) is 0 Å². The van der Waals surface area contributed by atoms with E-state index in [0.29, 0.717) is 12.1 Å². The maximum Gasteiger partial charge on any atom is 0.106 e. The highest BCUT2D eigenvalue weighted by molar-refractivity contribution is 5.72. The third-order valence-electron chi connectivity index (χ3n) is 2.64. The van der Waals surface area contributed by atoms with Crippen LogP contribution in [0.1, 0.15) is 13.3 Å². The van der Waals surface area contributed by atoms with Gasteiger partial charge in [0, 0.05) is 12.1 Å². The zero-order chi connectivity index (χ0) is 7.68. The Morgan fingerprint density at radius 2 is 2.45 bits per heavy atom. The first kappa shape index (κ1) is 7.04. The molecular formula is C9H14N2. The Morgan fingerprint density at radius 1 is 1.55 bits per heavy atom. The Morgan fingerprint density at radius 3 is 3.27 bits per heavy atom. The molecule has 1 fully saturated rings. The molecule has 3 unspecified atom stereocenters. The van der Waals surface area contributed by atoms with E-state index in [1.165, 1.54) is 6.42 Å². The Labute approximate surface area is 67.4 Å². The number of rotatable bonds is 0. The van der Waals surface area contributed by atoms with Crippen molar-refractivity contribution in [2.75, 3.05) is 6.54 Å². The van der Waals surface area contributed by atoms with Crippen molar-refractivity contribution in [1.82, 2.24) is 5.32 Å². The summed E-state index contributed by atoms with van der Waals surface area (Å²) in [5.41, 5.74) is 0. The third kappa shape index (κ3) is 1.23. The first-order valence-electron chi connectivity index (χ1n) is 4.31. The van der Waals surface area contributed by atoms with Crippen molar-refractivity contribution in [3.05, 3.63) is 12.2 Å². The number of hydrogen-bond acceptors (Lipinski definition) is 2. The lowest BCUT2D eigenvalue weighted by atomic mass is 9.84. The summed E-state index contributed by atoms with van der Waals surface area (Å²) in [6.07, 6.45) is 7.87. The van der Waals surface area contributed by atoms with E-state index in [0.717, 1.165) is 12.5 Å². The SMILES string of the molecule is CC1CCNC2N=CC=CC12. The summed E-state index contributed by atoms with van der Waals surface area (Å²) in [4.78, 5) is 4.38. The van der Waals surface area contributed by atoms with Crippen molar-refractivity contribution in [1.29, 1.82) is 0 Å². The van der Waals surface area contributed by atoms with E-state index in [1.807, 2.05) is 6.21 Å². The molecule has 0 radical (unpaired) electrons. The molecule has 2 aliphatic heterocycles. The molecule has 0 saturated carbocycles. The predicted octanol–water partition coefficient (Wildman–Crippen LogP) is 1.20. The molecule has 0 aliphatic carbocycles. The van der Waals surface area contributed by atoms with E-state index >= 15 is 0 Å². The number of aliphatic imine (C=N–C) groups is 1. The summed E-state index contributed by atoms with van der Waals surface area (Å²) in [6.45, 7) is 3.43. The van der Waals surface area contributed by atoms with Gasteiger partial charge in [0.05, 0.1) is 0 Å². The predicted molar refractivity (Wildman–Crippen MR) is 46.7 cm³/mol. The van der Waals surface area contributed by atoms with Crippen molar-refractivity contribution in [3.63, 3.8) is 0 Å². The fourth-order valence-electron chi connectivity index (χ4n) is 1.87. The van der Waals surface area contributed by atoms with Crippen molar-refractivity contribution < 1.29 is 0 Å². The molecule has 2 rings (SSSR count). The van der Waals surface area contributed by atoms with E-state index in [1.54, 1.807) is 0 Å². The lowest BCUT2D eigenvalue weighted by molar-refractivity contribution is 0.251. The zero-order valence-electron chi connectivity index (χ0n) is 6.83. The lowest BCUT2D eigenvalue weighted by Crippen LogP contribution is -2.44. The van der Waals surface area contributed by atoms with Crippen LogP contribution in [0.15, 0.2) is 17.1 Å². The van der Waals surface area contributed by atoms with Gasteiger partial charge in [-0.05, 0) is 25.0 Å². The normalized spacial score (nSPS) is 42.1. The van der Waals surface area contributed by atoms with Gasteiger partial charge in [-0.25, -0.2) is 0 Å². The van der Waals surface area contributed by atoms with Crippen LogP contribution in [-0.2, 0) is 0 Å². The van der Waals surface area contributed by atoms with E-state index in [2.05, 4.69) is 29.4 Å². The second-order valence-electron chi connectivity index (χ2n) is 3.43. The van der Waals surface area contributed by atoms with Gasteiger partial charge in [0.1, 0.15) is 6.17 Å². The number of dihydropyridines is 1. The molecular weight excluding hydrogens is 136 g/mol. The molecule has 1 saturated heterocycles. The van der Waals surface area contributed by atoms with E-state index in [9.17, 15) is 0 Å². The standard InChI is InChI=1S/C9H14N2/c1-7-4-6-11-9-8(7)3-2-5-10-9/h2-3,5,7-9,11H,4,6H2,1H3. The minimum absolute atomic E-state index is 0.365. The van der Waals surface area contributed by atoms with Crippen molar-refractivity contribution in [2.24, 2.45) is 16.8 Å². The largest absolute Gasteiger partial charge is 0.295 e. The lowest BCUT2D eigenvalue weighted by Gasteiger charge is -2.34. The Bertz CT molecular complexity index is 196. The second kappa shape index (κ2) is 2.78. The highest BCUT2D eigenvalue weighted by atomic mass is 15.1. The molecule has 0 bridgehead atoms. The molecule has 1 N–H and O–H groups in total. The summed E-state index contributed by atoms with van der Waals surface area (Å²) in [7, 11) is 0. The Hall–Kier alpha value is -0.630. The molecule has 3 atom stereocenters. The van der Waals surface area contributed by atoms with E-state index < -0.39 is 0 Å². The molecule has 2 heterocycles. The molecule has 2 aliphatic rings. The number of piperidine rings is 1. The van der Waals surface area contributed by atoms with Gasteiger partial charge in [-0.2, -0.15) is 0 Å². The van der Waals surface area contributed by atoms with Crippen LogP contribution in [0.5, 0.6) is 0 Å². The Balaban J connectivity index is 2.14. The second-order valence-corrected chi connectivity index (χ2v) is 3.43. The van der Waals surface area contributed by atoms with Crippen LogP contribution in [0, 0.1) is 11.8 Å². The fraction of sp³-hybridized carbons (Fsp3) is 0.667. The van der Waals surface area contributed by atoms with Crippen LogP contribution in [0.4, 0.5) is 0 Å². The summed E-state index contributed by atoms with van der Waals surface area (Å²) in [5, 5.41) is 3.40. The summed E-state index contributed by atoms with van der Waals surface area (Å²) in [6, 6.07) is 0. The van der Waals surface area contributed by atoms with Gasteiger partial charge in [0.2, 0.25) is 0 Å². The smallest absolute Gasteiger partial charge is 0.106 e. The van der Waals surface area contributed by atoms with Gasteiger partial charge in [-0.3, -0.25) is 10.3 Å². The topological polar surface area (TPSA) is 24.4 Å². The molecule has 2 heteroatoms. The van der Waals surface area contributed by atoms with Crippen LogP contribution in [0.3, 0.4) is 0 Å². The van der Waals surface area contributed by atoms with Crippen LogP contribution in [0.2, 0.25) is 0 Å². The quantitative estimate of drug-likeness (QED) is 0.551. The maximum absolute atomic E-state index is 4.38. The molecule has 2 nitrogen and oxygen atoms in total. The highest BCUT2D eigenvalue weighted by Gasteiger charge is 2.28. The highest BCUT2D eigenvalue weighted by Crippen LogP contribution is 2.26. The van der Waals surface area contributed by atoms with Crippen LogP contribution < -0.4 is 5.32 Å². The number of nitrogens with one attached hydrogen (secondary N) is 1. The molecule has 0 aromatic rings. The van der Waals surface area contributed by atoms with Crippen molar-refractivity contribution >= 4 is 6.21 Å². The van der Waals surface area contributed by atoms with Gasteiger partial charge in [-0.15, -0.1) is 0 Å². The monoisotopic (exact) mass is 150 g/mol. The van der Waals surface area contributed by atoms with Gasteiger partial charge >= 0.3 is 0 Å². The van der Waals surface area contributed by atoms with Gasteiger partial charge in [-0.1, -0.05) is 13.0 Å². The maximum atomic E-state index is 4.38. The minimum Gasteiger partial charge on any atom is -0.295 e. The van der Waals surface area contributed by atoms with Crippen molar-refractivity contribution in [2.45, 2.75) is 19.5 Å². The minimum atomic E-state index is 0.365. The molecule has 0 spiro atoms. The summed E-state index contributed by atoms with van der Waals surface area (Å²) >= 11 is 0. The third-order valence-corrected chi connectivity index (χ3v) is 2.64. The number of nitrogens with zero attached hydrogens (tertiary/aromatic N) is 1. The zero-order valence-corrected chi connectivity index (χ0v) is 6.83. The first-order chi connectivity index (χ1) is 5.38. The fourth-order valence-corrected chi connectivity index (χ4v) is 1.87. The Kier molecular flexibility index (Phi) is 1.78. The number of allylic oxidation sites excluding steroid dienone is 1. The molecule has 0 aromatic carbocycles. The first-order valence-corrected chi connectivity index (χ1v) is 4.31. The average molecular weight is 150 g/mol.